The maximum Gasteiger partial charge on any atom is 0.324 e. The molecule has 5 nitrogen and oxygen atoms in total. The number of hydrogen-bond acceptors (Lipinski definition) is 4. The molecule has 98 valence electrons. The van der Waals surface area contributed by atoms with Crippen molar-refractivity contribution in [1.82, 2.24) is 4.90 Å². The predicted octanol–water partition coefficient (Wildman–Crippen LogP) is 0.731. The summed E-state index contributed by atoms with van der Waals surface area (Å²) in [4.78, 5) is 13.8. The molecule has 17 heavy (non-hydrogen) atoms. The lowest BCUT2D eigenvalue weighted by Crippen LogP contribution is -2.67. The van der Waals surface area contributed by atoms with Crippen LogP contribution >= 0.6 is 0 Å². The van der Waals surface area contributed by atoms with Crippen LogP contribution in [-0.2, 0) is 14.3 Å². The molecule has 0 unspecified atom stereocenters. The Morgan fingerprint density at radius 2 is 1.82 bits per heavy atom. The normalized spacial score (nSPS) is 28.8. The third-order valence-corrected chi connectivity index (χ3v) is 3.88. The Kier molecular flexibility index (Phi) is 3.43. The summed E-state index contributed by atoms with van der Waals surface area (Å²) in [6.07, 6.45) is 1.12. The summed E-state index contributed by atoms with van der Waals surface area (Å²) in [5.41, 5.74) is -1.00. The van der Waals surface area contributed by atoms with Gasteiger partial charge in [-0.05, 0) is 26.7 Å². The number of nitrogens with zero attached hydrogens (tertiary/aromatic N) is 1. The van der Waals surface area contributed by atoms with Crippen molar-refractivity contribution >= 4 is 5.97 Å². The van der Waals surface area contributed by atoms with E-state index in [2.05, 4.69) is 4.90 Å². The van der Waals surface area contributed by atoms with Gasteiger partial charge in [0.25, 0.3) is 0 Å². The number of carbonyl (C=O) groups is 1. The van der Waals surface area contributed by atoms with E-state index in [4.69, 9.17) is 9.47 Å². The van der Waals surface area contributed by atoms with Crippen molar-refractivity contribution in [2.24, 2.45) is 0 Å². The van der Waals surface area contributed by atoms with Crippen LogP contribution in [0, 0.1) is 0 Å². The summed E-state index contributed by atoms with van der Waals surface area (Å²) in [5.74, 6) is -0.726. The molecule has 0 radical (unpaired) electrons. The van der Waals surface area contributed by atoms with E-state index >= 15 is 0 Å². The highest BCUT2D eigenvalue weighted by Crippen LogP contribution is 2.35. The number of aliphatic carboxylic acids is 1. The summed E-state index contributed by atoms with van der Waals surface area (Å²) in [6, 6.07) is 0. The molecule has 2 aliphatic rings. The fourth-order valence-corrected chi connectivity index (χ4v) is 2.96. The largest absolute Gasteiger partial charge is 0.480 e. The fourth-order valence-electron chi connectivity index (χ4n) is 2.96. The van der Waals surface area contributed by atoms with E-state index in [-0.39, 0.29) is 5.54 Å². The van der Waals surface area contributed by atoms with Crippen LogP contribution in [0.3, 0.4) is 0 Å². The molecule has 2 fully saturated rings. The molecule has 0 aromatic rings. The quantitative estimate of drug-likeness (QED) is 0.775. The average molecular weight is 243 g/mol. The SMILES string of the molecule is CC1(C)COCCN1C1(C(=O)O)CCOCC1. The minimum Gasteiger partial charge on any atom is -0.480 e. The Balaban J connectivity index is 2.28. The Morgan fingerprint density at radius 3 is 2.35 bits per heavy atom. The predicted molar refractivity (Wildman–Crippen MR) is 62.0 cm³/mol. The van der Waals surface area contributed by atoms with Crippen molar-refractivity contribution < 1.29 is 19.4 Å². The molecule has 2 heterocycles. The zero-order chi connectivity index (χ0) is 12.5. The first-order chi connectivity index (χ1) is 7.99. The maximum atomic E-state index is 11.7. The van der Waals surface area contributed by atoms with E-state index in [1.165, 1.54) is 0 Å². The minimum absolute atomic E-state index is 0.228. The van der Waals surface area contributed by atoms with Gasteiger partial charge in [0.15, 0.2) is 0 Å². The molecule has 2 aliphatic heterocycles. The summed E-state index contributed by atoms with van der Waals surface area (Å²) in [6.45, 7) is 7.03. The number of hydrogen-bond donors (Lipinski definition) is 1. The molecule has 5 heteroatoms. The van der Waals surface area contributed by atoms with Gasteiger partial charge in [0.2, 0.25) is 0 Å². The summed E-state index contributed by atoms with van der Waals surface area (Å²) < 4.78 is 10.8. The topological polar surface area (TPSA) is 59.0 Å². The molecule has 0 amide bonds. The Morgan fingerprint density at radius 1 is 1.18 bits per heavy atom. The van der Waals surface area contributed by atoms with Crippen LogP contribution in [0.4, 0.5) is 0 Å². The van der Waals surface area contributed by atoms with Crippen molar-refractivity contribution in [2.75, 3.05) is 33.0 Å². The standard InChI is InChI=1S/C12H21NO4/c1-11(2)9-17-8-5-13(11)12(10(14)15)3-6-16-7-4-12/h3-9H2,1-2H3,(H,14,15). The number of ether oxygens (including phenoxy) is 2. The van der Waals surface area contributed by atoms with Gasteiger partial charge in [-0.25, -0.2) is 0 Å². The Labute approximate surface area is 102 Å². The second-order valence-electron chi connectivity index (χ2n) is 5.47. The number of carboxylic acids is 1. The molecular formula is C12H21NO4. The van der Waals surface area contributed by atoms with Crippen LogP contribution in [0.15, 0.2) is 0 Å². The molecule has 0 aliphatic carbocycles. The lowest BCUT2D eigenvalue weighted by atomic mass is 9.83. The zero-order valence-corrected chi connectivity index (χ0v) is 10.6. The third kappa shape index (κ3) is 2.19. The Bertz CT molecular complexity index is 297. The second-order valence-corrected chi connectivity index (χ2v) is 5.47. The van der Waals surface area contributed by atoms with Crippen LogP contribution in [0.25, 0.3) is 0 Å². The summed E-state index contributed by atoms with van der Waals surface area (Å²) in [7, 11) is 0. The lowest BCUT2D eigenvalue weighted by Gasteiger charge is -2.52. The highest BCUT2D eigenvalue weighted by atomic mass is 16.5. The minimum atomic E-state index is -0.772. The molecule has 0 atom stereocenters. The fraction of sp³-hybridized carbons (Fsp3) is 0.917. The van der Waals surface area contributed by atoms with Gasteiger partial charge in [0.05, 0.1) is 13.2 Å². The molecule has 0 aromatic carbocycles. The summed E-state index contributed by atoms with van der Waals surface area (Å²) in [5, 5.41) is 9.64. The van der Waals surface area contributed by atoms with Gasteiger partial charge in [-0.2, -0.15) is 0 Å². The van der Waals surface area contributed by atoms with Crippen molar-refractivity contribution in [1.29, 1.82) is 0 Å². The maximum absolute atomic E-state index is 11.7. The van der Waals surface area contributed by atoms with Crippen molar-refractivity contribution in [3.8, 4) is 0 Å². The van der Waals surface area contributed by atoms with E-state index in [1.807, 2.05) is 13.8 Å². The van der Waals surface area contributed by atoms with Crippen LogP contribution < -0.4 is 0 Å². The van der Waals surface area contributed by atoms with Gasteiger partial charge >= 0.3 is 5.97 Å². The average Bonchev–Trinajstić information content (AvgIpc) is 2.29. The monoisotopic (exact) mass is 243 g/mol. The third-order valence-electron chi connectivity index (χ3n) is 3.88. The molecular weight excluding hydrogens is 222 g/mol. The van der Waals surface area contributed by atoms with Crippen LogP contribution in [0.1, 0.15) is 26.7 Å². The smallest absolute Gasteiger partial charge is 0.324 e. The van der Waals surface area contributed by atoms with Gasteiger partial charge in [-0.1, -0.05) is 0 Å². The molecule has 0 aromatic heterocycles. The summed E-state index contributed by atoms with van der Waals surface area (Å²) >= 11 is 0. The van der Waals surface area contributed by atoms with Gasteiger partial charge in [0.1, 0.15) is 5.54 Å². The number of morpholine rings is 1. The van der Waals surface area contributed by atoms with Crippen molar-refractivity contribution in [2.45, 2.75) is 37.8 Å². The van der Waals surface area contributed by atoms with Crippen molar-refractivity contribution in [3.05, 3.63) is 0 Å². The van der Waals surface area contributed by atoms with Crippen LogP contribution in [0.2, 0.25) is 0 Å². The number of rotatable bonds is 2. The van der Waals surface area contributed by atoms with E-state index < -0.39 is 11.5 Å². The van der Waals surface area contributed by atoms with Crippen LogP contribution in [0.5, 0.6) is 0 Å². The molecule has 1 N–H and O–H groups in total. The number of carboxylic acid groups (broad SMARTS) is 1. The van der Waals surface area contributed by atoms with Crippen molar-refractivity contribution in [3.63, 3.8) is 0 Å². The van der Waals surface area contributed by atoms with Gasteiger partial charge in [-0.15, -0.1) is 0 Å². The van der Waals surface area contributed by atoms with E-state index in [1.54, 1.807) is 0 Å². The molecule has 0 bridgehead atoms. The molecule has 2 rings (SSSR count). The van der Waals surface area contributed by atoms with Gasteiger partial charge in [0, 0.05) is 25.3 Å². The van der Waals surface area contributed by atoms with Crippen LogP contribution in [-0.4, -0.2) is 60.0 Å². The first kappa shape index (κ1) is 12.8. The van der Waals surface area contributed by atoms with E-state index in [9.17, 15) is 9.90 Å². The Hall–Kier alpha value is -0.650. The van der Waals surface area contributed by atoms with Gasteiger partial charge < -0.3 is 14.6 Å². The molecule has 0 spiro atoms. The van der Waals surface area contributed by atoms with Gasteiger partial charge in [-0.3, -0.25) is 9.69 Å². The first-order valence-electron chi connectivity index (χ1n) is 6.16. The zero-order valence-electron chi connectivity index (χ0n) is 10.6. The van der Waals surface area contributed by atoms with E-state index in [0.29, 0.717) is 45.8 Å². The first-order valence-corrected chi connectivity index (χ1v) is 6.16. The second kappa shape index (κ2) is 4.55. The highest BCUT2D eigenvalue weighted by molar-refractivity contribution is 5.79. The molecule has 2 saturated heterocycles. The van der Waals surface area contributed by atoms with E-state index in [0.717, 1.165) is 0 Å². The highest BCUT2D eigenvalue weighted by Gasteiger charge is 2.51. The molecule has 0 saturated carbocycles. The lowest BCUT2D eigenvalue weighted by molar-refractivity contribution is -0.177.